The van der Waals surface area contributed by atoms with Gasteiger partial charge in [-0.3, -0.25) is 4.55 Å². The van der Waals surface area contributed by atoms with Crippen molar-refractivity contribution >= 4 is 78.5 Å². The average molecular weight is 746 g/mol. The molecule has 0 unspecified atom stereocenters. The molecule has 16 nitrogen and oxygen atoms in total. The number of nitrogens with two attached hydrogens (primary N) is 1. The van der Waals surface area contributed by atoms with Crippen LogP contribution >= 0.6 is 0 Å². The third-order valence-corrected chi connectivity index (χ3v) is 8.55. The number of aliphatic hydroxyl groups excluding tert-OH is 2. The standard InChI is InChI=1S/C37H27N7O9S/c38-23-5-1-20(2-6-23)36(48)40-27-13-15-29-22(17-27)18-32(54(51,52)53)33(34(29)46)44-42-26-11-9-24(10-12-26)39-35(47)21-3-7-25(8-4-21)41-43-28-14-16-31(45)30(19-28)37(49)50/h1-19,45-46H,38H2,(H,39,47)(H,40,48)(H,49,50)(H,51,52,53). The van der Waals surface area contributed by atoms with Crippen molar-refractivity contribution in [2.24, 2.45) is 30.4 Å². The van der Waals surface area contributed by atoms with Crippen LogP contribution in [0.3, 0.4) is 0 Å². The fourth-order valence-electron chi connectivity index (χ4n) is 4.96. The zero-order valence-electron chi connectivity index (χ0n) is 27.5. The van der Waals surface area contributed by atoms with Gasteiger partial charge in [0.1, 0.15) is 21.9 Å². The molecule has 0 aliphatic rings. The normalized spacial score (nSPS) is 12.5. The molecule has 0 aliphatic carbocycles. The van der Waals surface area contributed by atoms with Crippen LogP contribution in [0.25, 0.3) is 10.8 Å². The summed E-state index contributed by atoms with van der Waals surface area (Å²) in [5.74, 6) is -2.93. The summed E-state index contributed by atoms with van der Waals surface area (Å²) in [6, 6.07) is 27.7. The number of carbonyl (C=O) groups is 1. The first-order chi connectivity index (χ1) is 25.7. The van der Waals surface area contributed by atoms with E-state index in [0.29, 0.717) is 28.2 Å². The lowest BCUT2D eigenvalue weighted by atomic mass is 10.1. The van der Waals surface area contributed by atoms with E-state index in [-0.39, 0.29) is 45.2 Å². The SMILES string of the molecule is Nc1ccc(C(O)=Nc2ccc3c(O)c(N=Nc4ccc(N=C(O)c5ccc(N=Nc6ccc(O)c(C(=O)O)c6)cc5)cc4)c(S(=O)(=O)O)cc3c2)cc1. The zero-order valence-corrected chi connectivity index (χ0v) is 28.4. The van der Waals surface area contributed by atoms with Gasteiger partial charge in [0.2, 0.25) is 11.8 Å². The Morgan fingerprint density at radius 2 is 1.07 bits per heavy atom. The van der Waals surface area contributed by atoms with Crippen LogP contribution in [0.1, 0.15) is 21.5 Å². The zero-order chi connectivity index (χ0) is 38.6. The minimum Gasteiger partial charge on any atom is -0.507 e. The van der Waals surface area contributed by atoms with Gasteiger partial charge in [-0.1, -0.05) is 0 Å². The van der Waals surface area contributed by atoms with Crippen molar-refractivity contribution in [1.29, 1.82) is 0 Å². The van der Waals surface area contributed by atoms with Crippen LogP contribution in [0.2, 0.25) is 0 Å². The number of rotatable bonds is 10. The fourth-order valence-corrected chi connectivity index (χ4v) is 5.62. The quantitative estimate of drug-likeness (QED) is 0.0230. The van der Waals surface area contributed by atoms with Gasteiger partial charge in [0.25, 0.3) is 10.1 Å². The third-order valence-electron chi connectivity index (χ3n) is 7.68. The number of aromatic carboxylic acids is 1. The number of phenolic OH excluding ortho intramolecular Hbond substituents is 1. The number of hydrogen-bond acceptors (Lipinski definition) is 12. The Hall–Kier alpha value is -7.50. The van der Waals surface area contributed by atoms with E-state index in [0.717, 1.165) is 6.07 Å². The Bertz CT molecular complexity index is 2640. The van der Waals surface area contributed by atoms with Crippen molar-refractivity contribution in [3.63, 3.8) is 0 Å². The summed E-state index contributed by atoms with van der Waals surface area (Å²) >= 11 is 0. The highest BCUT2D eigenvalue weighted by Crippen LogP contribution is 2.42. The summed E-state index contributed by atoms with van der Waals surface area (Å²) in [6.07, 6.45) is 0. The first kappa shape index (κ1) is 36.3. The molecular formula is C37H27N7O9S. The predicted octanol–water partition coefficient (Wildman–Crippen LogP) is 8.88. The van der Waals surface area contributed by atoms with Crippen LogP contribution in [-0.4, -0.2) is 56.3 Å². The molecule has 0 amide bonds. The second-order valence-corrected chi connectivity index (χ2v) is 12.8. The number of hydrogen-bond donors (Lipinski definition) is 7. The summed E-state index contributed by atoms with van der Waals surface area (Å²) in [7, 11) is -4.90. The molecule has 6 rings (SSSR count). The number of phenols is 2. The van der Waals surface area contributed by atoms with E-state index >= 15 is 0 Å². The summed E-state index contributed by atoms with van der Waals surface area (Å²) in [5.41, 5.74) is 7.46. The van der Waals surface area contributed by atoms with E-state index in [2.05, 4.69) is 30.4 Å². The molecule has 17 heteroatoms. The second-order valence-electron chi connectivity index (χ2n) is 11.4. The third kappa shape index (κ3) is 8.34. The number of nitrogens with zero attached hydrogens (tertiary/aromatic N) is 6. The Labute approximate surface area is 305 Å². The molecule has 8 N–H and O–H groups in total. The monoisotopic (exact) mass is 745 g/mol. The molecule has 6 aromatic rings. The largest absolute Gasteiger partial charge is 0.507 e. The van der Waals surface area contributed by atoms with Gasteiger partial charge in [-0.2, -0.15) is 23.8 Å². The molecule has 54 heavy (non-hydrogen) atoms. The lowest BCUT2D eigenvalue weighted by Crippen LogP contribution is -1.99. The maximum absolute atomic E-state index is 12.3. The molecule has 0 spiro atoms. The Morgan fingerprint density at radius 1 is 0.574 bits per heavy atom. The lowest BCUT2D eigenvalue weighted by molar-refractivity contribution is 0.0693. The van der Waals surface area contributed by atoms with Gasteiger partial charge in [-0.05, 0) is 121 Å². The van der Waals surface area contributed by atoms with E-state index in [9.17, 15) is 38.2 Å². The molecule has 0 atom stereocenters. The van der Waals surface area contributed by atoms with Gasteiger partial charge >= 0.3 is 5.97 Å². The van der Waals surface area contributed by atoms with Gasteiger partial charge in [0, 0.05) is 22.2 Å². The van der Waals surface area contributed by atoms with Crippen LogP contribution in [0.5, 0.6) is 11.5 Å². The first-order valence-electron chi connectivity index (χ1n) is 15.5. The van der Waals surface area contributed by atoms with Crippen LogP contribution in [0.15, 0.2) is 151 Å². The number of benzene rings is 6. The highest BCUT2D eigenvalue weighted by Gasteiger charge is 2.22. The number of carboxylic acids is 1. The Morgan fingerprint density at radius 3 is 1.69 bits per heavy atom. The molecule has 0 aliphatic heterocycles. The van der Waals surface area contributed by atoms with E-state index in [1.807, 2.05) is 0 Å². The van der Waals surface area contributed by atoms with Gasteiger partial charge in [0.15, 0.2) is 5.75 Å². The van der Waals surface area contributed by atoms with E-state index in [4.69, 9.17) is 10.8 Å². The number of aromatic hydroxyl groups is 2. The van der Waals surface area contributed by atoms with Crippen LogP contribution in [0, 0.1) is 0 Å². The average Bonchev–Trinajstić information content (AvgIpc) is 3.14. The molecular weight excluding hydrogens is 719 g/mol. The maximum atomic E-state index is 12.3. The first-order valence-corrected chi connectivity index (χ1v) is 17.0. The minimum absolute atomic E-state index is 0.171. The van der Waals surface area contributed by atoms with E-state index < -0.39 is 38.2 Å². The van der Waals surface area contributed by atoms with E-state index in [1.54, 1.807) is 36.4 Å². The molecule has 0 saturated heterocycles. The Balaban J connectivity index is 1.19. The molecule has 6 aromatic carbocycles. The topological polar surface area (TPSA) is 273 Å². The molecule has 0 bridgehead atoms. The van der Waals surface area contributed by atoms with Crippen molar-refractivity contribution in [1.82, 2.24) is 0 Å². The number of fused-ring (bicyclic) bond motifs is 1. The molecule has 270 valence electrons. The molecule has 0 radical (unpaired) electrons. The number of azo groups is 2. The maximum Gasteiger partial charge on any atom is 0.339 e. The summed E-state index contributed by atoms with van der Waals surface area (Å²) < 4.78 is 34.7. The summed E-state index contributed by atoms with van der Waals surface area (Å²) in [5, 5.41) is 67.1. The Kier molecular flexibility index (Phi) is 10.1. The van der Waals surface area contributed by atoms with Gasteiger partial charge in [-0.25, -0.2) is 14.8 Å². The molecule has 0 fully saturated rings. The number of nitrogen functional groups attached to an aromatic ring is 1. The second kappa shape index (κ2) is 15.0. The lowest BCUT2D eigenvalue weighted by Gasteiger charge is -2.09. The number of aliphatic hydroxyl groups is 2. The van der Waals surface area contributed by atoms with E-state index in [1.165, 1.54) is 72.8 Å². The summed E-state index contributed by atoms with van der Waals surface area (Å²) in [6.45, 7) is 0. The van der Waals surface area contributed by atoms with Crippen LogP contribution < -0.4 is 5.73 Å². The van der Waals surface area contributed by atoms with Crippen LogP contribution in [-0.2, 0) is 10.1 Å². The minimum atomic E-state index is -4.90. The fraction of sp³-hybridized carbons (Fsp3) is 0. The van der Waals surface area contributed by atoms with Gasteiger partial charge in [-0.15, -0.1) is 5.11 Å². The predicted molar refractivity (Wildman–Crippen MR) is 200 cm³/mol. The number of anilines is 1. The molecule has 0 saturated carbocycles. The summed E-state index contributed by atoms with van der Waals surface area (Å²) in [4.78, 5) is 18.8. The number of aliphatic imine (C=N–C) groups is 2. The van der Waals surface area contributed by atoms with Crippen molar-refractivity contribution in [3.05, 3.63) is 132 Å². The molecule has 0 heterocycles. The van der Waals surface area contributed by atoms with Crippen molar-refractivity contribution < 1.29 is 43.3 Å². The molecule has 0 aromatic heterocycles. The van der Waals surface area contributed by atoms with Gasteiger partial charge in [0.05, 0.1) is 28.4 Å². The van der Waals surface area contributed by atoms with Gasteiger partial charge < -0.3 is 31.3 Å². The van der Waals surface area contributed by atoms with Crippen molar-refractivity contribution in [3.8, 4) is 11.5 Å². The highest BCUT2D eigenvalue weighted by molar-refractivity contribution is 7.86. The highest BCUT2D eigenvalue weighted by atomic mass is 32.2. The van der Waals surface area contributed by atoms with Crippen molar-refractivity contribution in [2.45, 2.75) is 4.90 Å². The van der Waals surface area contributed by atoms with Crippen molar-refractivity contribution in [2.75, 3.05) is 5.73 Å². The number of carboxylic acid groups (broad SMARTS) is 1. The van der Waals surface area contributed by atoms with Crippen LogP contribution in [0.4, 0.5) is 39.8 Å². The smallest absolute Gasteiger partial charge is 0.339 e.